The van der Waals surface area contributed by atoms with Crippen LogP contribution in [0.25, 0.3) is 0 Å². The number of amides is 1. The van der Waals surface area contributed by atoms with Crippen molar-refractivity contribution in [3.05, 3.63) is 23.8 Å². The van der Waals surface area contributed by atoms with E-state index in [1.807, 2.05) is 0 Å². The number of benzene rings is 1. The number of hydrogen-bond donors (Lipinski definition) is 1. The van der Waals surface area contributed by atoms with Gasteiger partial charge in [0.1, 0.15) is 11.5 Å². The zero-order chi connectivity index (χ0) is 15.4. The Labute approximate surface area is 125 Å². The summed E-state index contributed by atoms with van der Waals surface area (Å²) in [5.41, 5.74) is 0.456. The molecule has 2 atom stereocenters. The predicted octanol–water partition coefficient (Wildman–Crippen LogP) is 2.08. The fourth-order valence-corrected chi connectivity index (χ4v) is 2.87. The molecule has 1 N–H and O–H groups in total. The van der Waals surface area contributed by atoms with Gasteiger partial charge in [-0.15, -0.1) is 0 Å². The molecule has 2 rings (SSSR count). The minimum absolute atomic E-state index is 0.137. The van der Waals surface area contributed by atoms with Gasteiger partial charge in [-0.3, -0.25) is 4.79 Å². The van der Waals surface area contributed by atoms with E-state index >= 15 is 0 Å². The van der Waals surface area contributed by atoms with E-state index in [0.717, 1.165) is 25.7 Å². The summed E-state index contributed by atoms with van der Waals surface area (Å²) >= 11 is 0. The maximum atomic E-state index is 12.7. The molecular formula is C16H23NO4. The van der Waals surface area contributed by atoms with Gasteiger partial charge in [0.2, 0.25) is 0 Å². The molecule has 1 aliphatic rings. The average Bonchev–Trinajstić information content (AvgIpc) is 2.53. The maximum Gasteiger partial charge on any atom is 0.257 e. The molecule has 0 heterocycles. The van der Waals surface area contributed by atoms with Gasteiger partial charge in [-0.25, -0.2) is 0 Å². The zero-order valence-corrected chi connectivity index (χ0v) is 12.8. The summed E-state index contributed by atoms with van der Waals surface area (Å²) in [6.45, 7) is 0. The molecule has 1 amide bonds. The van der Waals surface area contributed by atoms with E-state index < -0.39 is 6.10 Å². The van der Waals surface area contributed by atoms with Crippen LogP contribution >= 0.6 is 0 Å². The van der Waals surface area contributed by atoms with Crippen molar-refractivity contribution in [1.29, 1.82) is 0 Å². The third-order valence-electron chi connectivity index (χ3n) is 4.15. The second-order valence-corrected chi connectivity index (χ2v) is 5.40. The Morgan fingerprint density at radius 2 is 1.95 bits per heavy atom. The average molecular weight is 293 g/mol. The molecule has 0 aromatic heterocycles. The second-order valence-electron chi connectivity index (χ2n) is 5.40. The van der Waals surface area contributed by atoms with Gasteiger partial charge in [-0.05, 0) is 31.0 Å². The summed E-state index contributed by atoms with van der Waals surface area (Å²) in [5, 5.41) is 10.1. The Balaban J connectivity index is 2.25. The standard InChI is InChI=1S/C16H23NO4/c1-17(13-6-4-5-7-14(13)18)16(19)12-10-11(20-2)8-9-15(12)21-3/h8-10,13-14,18H,4-7H2,1-3H3. The van der Waals surface area contributed by atoms with Crippen molar-refractivity contribution >= 4 is 5.91 Å². The molecule has 0 radical (unpaired) electrons. The molecule has 1 aromatic rings. The molecule has 116 valence electrons. The van der Waals surface area contributed by atoms with Crippen LogP contribution in [0.3, 0.4) is 0 Å². The number of aliphatic hydroxyl groups excluding tert-OH is 1. The van der Waals surface area contributed by atoms with Crippen molar-refractivity contribution in [1.82, 2.24) is 4.90 Å². The molecular weight excluding hydrogens is 270 g/mol. The van der Waals surface area contributed by atoms with Crippen LogP contribution in [0, 0.1) is 0 Å². The lowest BCUT2D eigenvalue weighted by Crippen LogP contribution is -2.46. The summed E-state index contributed by atoms with van der Waals surface area (Å²) in [6, 6.07) is 5.01. The number of methoxy groups -OCH3 is 2. The highest BCUT2D eigenvalue weighted by Gasteiger charge is 2.31. The first-order chi connectivity index (χ1) is 10.1. The summed E-state index contributed by atoms with van der Waals surface area (Å²) in [7, 11) is 4.83. The van der Waals surface area contributed by atoms with Crippen LogP contribution in [0.2, 0.25) is 0 Å². The lowest BCUT2D eigenvalue weighted by atomic mass is 9.91. The van der Waals surface area contributed by atoms with Crippen molar-refractivity contribution < 1.29 is 19.4 Å². The third kappa shape index (κ3) is 3.29. The molecule has 0 bridgehead atoms. The fraction of sp³-hybridized carbons (Fsp3) is 0.562. The highest BCUT2D eigenvalue weighted by Crippen LogP contribution is 2.28. The summed E-state index contributed by atoms with van der Waals surface area (Å²) in [5.74, 6) is 0.964. The molecule has 5 heteroatoms. The molecule has 0 spiro atoms. The highest BCUT2D eigenvalue weighted by atomic mass is 16.5. The van der Waals surface area contributed by atoms with Gasteiger partial charge >= 0.3 is 0 Å². The molecule has 1 fully saturated rings. The lowest BCUT2D eigenvalue weighted by Gasteiger charge is -2.35. The Kier molecular flexibility index (Phi) is 5.07. The summed E-state index contributed by atoms with van der Waals surface area (Å²) < 4.78 is 10.4. The van der Waals surface area contributed by atoms with E-state index in [1.54, 1.807) is 37.3 Å². The minimum atomic E-state index is -0.454. The Morgan fingerprint density at radius 3 is 2.57 bits per heavy atom. The molecule has 2 unspecified atom stereocenters. The molecule has 1 saturated carbocycles. The number of aliphatic hydroxyl groups is 1. The van der Waals surface area contributed by atoms with Crippen molar-refractivity contribution in [2.75, 3.05) is 21.3 Å². The number of hydrogen-bond acceptors (Lipinski definition) is 4. The molecule has 1 aromatic carbocycles. The van der Waals surface area contributed by atoms with E-state index in [-0.39, 0.29) is 11.9 Å². The monoisotopic (exact) mass is 293 g/mol. The van der Waals surface area contributed by atoms with Gasteiger partial charge < -0.3 is 19.5 Å². The Hall–Kier alpha value is -1.75. The number of ether oxygens (including phenoxy) is 2. The van der Waals surface area contributed by atoms with Gasteiger partial charge in [0, 0.05) is 7.05 Å². The van der Waals surface area contributed by atoms with E-state index in [2.05, 4.69) is 0 Å². The van der Waals surface area contributed by atoms with Gasteiger partial charge in [0.05, 0.1) is 31.9 Å². The molecule has 21 heavy (non-hydrogen) atoms. The van der Waals surface area contributed by atoms with Gasteiger partial charge in [-0.2, -0.15) is 0 Å². The first-order valence-electron chi connectivity index (χ1n) is 7.25. The minimum Gasteiger partial charge on any atom is -0.497 e. The highest BCUT2D eigenvalue weighted by molar-refractivity contribution is 5.97. The quantitative estimate of drug-likeness (QED) is 0.923. The molecule has 0 aliphatic heterocycles. The van der Waals surface area contributed by atoms with Crippen LogP contribution in [0.15, 0.2) is 18.2 Å². The SMILES string of the molecule is COc1ccc(OC)c(C(=O)N(C)C2CCCCC2O)c1. The zero-order valence-electron chi connectivity index (χ0n) is 12.8. The number of likely N-dealkylation sites (N-methyl/N-ethyl adjacent to an activating group) is 1. The van der Waals surface area contributed by atoms with Crippen molar-refractivity contribution in [2.45, 2.75) is 37.8 Å². The van der Waals surface area contributed by atoms with Crippen LogP contribution in [0.5, 0.6) is 11.5 Å². The third-order valence-corrected chi connectivity index (χ3v) is 4.15. The number of nitrogens with zero attached hydrogens (tertiary/aromatic N) is 1. The summed E-state index contributed by atoms with van der Waals surface area (Å²) in [6.07, 6.45) is 3.17. The fourth-order valence-electron chi connectivity index (χ4n) is 2.87. The van der Waals surface area contributed by atoms with Crippen molar-refractivity contribution in [2.24, 2.45) is 0 Å². The van der Waals surface area contributed by atoms with E-state index in [4.69, 9.17) is 9.47 Å². The van der Waals surface area contributed by atoms with Gasteiger partial charge in [-0.1, -0.05) is 12.8 Å². The van der Waals surface area contributed by atoms with Gasteiger partial charge in [0.25, 0.3) is 5.91 Å². The van der Waals surface area contributed by atoms with Crippen LogP contribution in [-0.2, 0) is 0 Å². The van der Waals surface area contributed by atoms with Crippen molar-refractivity contribution in [3.63, 3.8) is 0 Å². The van der Waals surface area contributed by atoms with Crippen LogP contribution in [0.4, 0.5) is 0 Å². The number of rotatable bonds is 4. The van der Waals surface area contributed by atoms with Crippen LogP contribution in [0.1, 0.15) is 36.0 Å². The Morgan fingerprint density at radius 1 is 1.24 bits per heavy atom. The smallest absolute Gasteiger partial charge is 0.257 e. The first kappa shape index (κ1) is 15.6. The predicted molar refractivity (Wildman–Crippen MR) is 79.9 cm³/mol. The molecule has 0 saturated heterocycles. The number of carbonyl (C=O) groups excluding carboxylic acids is 1. The van der Waals surface area contributed by atoms with E-state index in [0.29, 0.717) is 17.1 Å². The normalized spacial score (nSPS) is 21.7. The maximum absolute atomic E-state index is 12.7. The topological polar surface area (TPSA) is 59.0 Å². The molecule has 5 nitrogen and oxygen atoms in total. The Bertz CT molecular complexity index is 503. The second kappa shape index (κ2) is 6.80. The largest absolute Gasteiger partial charge is 0.497 e. The van der Waals surface area contributed by atoms with E-state index in [1.165, 1.54) is 7.11 Å². The van der Waals surface area contributed by atoms with Crippen LogP contribution in [-0.4, -0.2) is 49.3 Å². The van der Waals surface area contributed by atoms with E-state index in [9.17, 15) is 9.90 Å². The van der Waals surface area contributed by atoms with Gasteiger partial charge in [0.15, 0.2) is 0 Å². The lowest BCUT2D eigenvalue weighted by molar-refractivity contribution is 0.0266. The first-order valence-corrected chi connectivity index (χ1v) is 7.25. The van der Waals surface area contributed by atoms with Crippen molar-refractivity contribution in [3.8, 4) is 11.5 Å². The summed E-state index contributed by atoms with van der Waals surface area (Å²) in [4.78, 5) is 14.3. The molecule has 1 aliphatic carbocycles. The number of carbonyl (C=O) groups is 1. The van der Waals surface area contributed by atoms with Crippen LogP contribution < -0.4 is 9.47 Å².